The molecule has 0 unspecified atom stereocenters. The molecule has 2 heterocycles. The molecule has 2 aromatic rings. The largest absolute Gasteiger partial charge is 0.461 e. The van der Waals surface area contributed by atoms with E-state index in [4.69, 9.17) is 9.15 Å². The first kappa shape index (κ1) is 15.4. The van der Waals surface area contributed by atoms with Crippen molar-refractivity contribution in [1.82, 2.24) is 9.80 Å². The number of aryl methyl sites for hydroxylation is 1. The zero-order valence-electron chi connectivity index (χ0n) is 13.4. The molecule has 122 valence electrons. The van der Waals surface area contributed by atoms with Crippen molar-refractivity contribution in [2.45, 2.75) is 13.8 Å². The molecule has 1 aromatic heterocycles. The number of hydrogen-bond acceptors (Lipinski definition) is 4. The SMILES string of the molecule is CCOC(=O)N1CCN(C(=O)c2c(C)oc3ccccc23)CC1. The maximum atomic E-state index is 12.8. The van der Waals surface area contributed by atoms with Gasteiger partial charge in [0.15, 0.2) is 0 Å². The van der Waals surface area contributed by atoms with Crippen LogP contribution >= 0.6 is 0 Å². The summed E-state index contributed by atoms with van der Waals surface area (Å²) < 4.78 is 10.7. The highest BCUT2D eigenvalue weighted by Crippen LogP contribution is 2.26. The minimum atomic E-state index is -0.315. The summed E-state index contributed by atoms with van der Waals surface area (Å²) in [6.45, 7) is 5.91. The fourth-order valence-corrected chi connectivity index (χ4v) is 2.90. The van der Waals surface area contributed by atoms with Crippen LogP contribution in [0, 0.1) is 6.92 Å². The summed E-state index contributed by atoms with van der Waals surface area (Å²) in [5.74, 6) is 0.583. The van der Waals surface area contributed by atoms with Gasteiger partial charge >= 0.3 is 6.09 Å². The topological polar surface area (TPSA) is 63.0 Å². The van der Waals surface area contributed by atoms with Gasteiger partial charge in [-0.1, -0.05) is 18.2 Å². The van der Waals surface area contributed by atoms with Crippen LogP contribution in [0.15, 0.2) is 28.7 Å². The van der Waals surface area contributed by atoms with E-state index < -0.39 is 0 Å². The van der Waals surface area contributed by atoms with Crippen molar-refractivity contribution < 1.29 is 18.7 Å². The maximum absolute atomic E-state index is 12.8. The Balaban J connectivity index is 1.74. The minimum Gasteiger partial charge on any atom is -0.461 e. The summed E-state index contributed by atoms with van der Waals surface area (Å²) in [4.78, 5) is 27.9. The Kier molecular flexibility index (Phi) is 4.23. The molecule has 23 heavy (non-hydrogen) atoms. The van der Waals surface area contributed by atoms with Crippen LogP contribution < -0.4 is 0 Å². The van der Waals surface area contributed by atoms with Crippen LogP contribution in [0.2, 0.25) is 0 Å². The number of para-hydroxylation sites is 1. The highest BCUT2D eigenvalue weighted by molar-refractivity contribution is 6.07. The number of nitrogens with zero attached hydrogens (tertiary/aromatic N) is 2. The molecule has 1 aromatic carbocycles. The first-order chi connectivity index (χ1) is 11.1. The molecular weight excluding hydrogens is 296 g/mol. The van der Waals surface area contributed by atoms with E-state index in [1.165, 1.54) is 0 Å². The molecule has 2 amide bonds. The standard InChI is InChI=1S/C17H20N2O4/c1-3-22-17(21)19-10-8-18(9-11-19)16(20)15-12(2)23-14-7-5-4-6-13(14)15/h4-7H,3,8-11H2,1-2H3. The molecular formula is C17H20N2O4. The number of hydrogen-bond donors (Lipinski definition) is 0. The molecule has 1 aliphatic heterocycles. The summed E-state index contributed by atoms with van der Waals surface area (Å²) in [6.07, 6.45) is -0.315. The zero-order valence-corrected chi connectivity index (χ0v) is 13.4. The van der Waals surface area contributed by atoms with Gasteiger partial charge in [-0.15, -0.1) is 0 Å². The van der Waals surface area contributed by atoms with Crippen LogP contribution in [-0.4, -0.2) is 54.6 Å². The van der Waals surface area contributed by atoms with E-state index in [9.17, 15) is 9.59 Å². The predicted molar refractivity (Wildman–Crippen MR) is 85.4 cm³/mol. The second kappa shape index (κ2) is 6.32. The molecule has 3 rings (SSSR count). The lowest BCUT2D eigenvalue weighted by molar-refractivity contribution is 0.0570. The van der Waals surface area contributed by atoms with Crippen molar-refractivity contribution in [2.24, 2.45) is 0 Å². The molecule has 0 bridgehead atoms. The highest BCUT2D eigenvalue weighted by Gasteiger charge is 2.28. The smallest absolute Gasteiger partial charge is 0.409 e. The van der Waals surface area contributed by atoms with Crippen LogP contribution in [-0.2, 0) is 4.74 Å². The zero-order chi connectivity index (χ0) is 16.4. The first-order valence-corrected chi connectivity index (χ1v) is 7.81. The molecule has 0 atom stereocenters. The van der Waals surface area contributed by atoms with Crippen molar-refractivity contribution in [1.29, 1.82) is 0 Å². The molecule has 6 heteroatoms. The van der Waals surface area contributed by atoms with E-state index in [2.05, 4.69) is 0 Å². The monoisotopic (exact) mass is 316 g/mol. The van der Waals surface area contributed by atoms with Crippen molar-refractivity contribution in [3.8, 4) is 0 Å². The maximum Gasteiger partial charge on any atom is 0.409 e. The van der Waals surface area contributed by atoms with Gasteiger partial charge in [0.25, 0.3) is 5.91 Å². The Morgan fingerprint density at radius 2 is 1.78 bits per heavy atom. The van der Waals surface area contributed by atoms with E-state index in [1.54, 1.807) is 16.7 Å². The van der Waals surface area contributed by atoms with E-state index in [0.29, 0.717) is 44.1 Å². The minimum absolute atomic E-state index is 0.0454. The van der Waals surface area contributed by atoms with Crippen LogP contribution in [0.25, 0.3) is 11.0 Å². The molecule has 6 nitrogen and oxygen atoms in total. The summed E-state index contributed by atoms with van der Waals surface area (Å²) in [5.41, 5.74) is 1.34. The predicted octanol–water partition coefficient (Wildman–Crippen LogP) is 2.66. The highest BCUT2D eigenvalue weighted by atomic mass is 16.6. The lowest BCUT2D eigenvalue weighted by atomic mass is 10.1. The summed E-state index contributed by atoms with van der Waals surface area (Å²) in [7, 11) is 0. The third-order valence-electron chi connectivity index (χ3n) is 4.08. The van der Waals surface area contributed by atoms with Gasteiger partial charge in [-0.2, -0.15) is 0 Å². The molecule has 0 N–H and O–H groups in total. The number of ether oxygens (including phenoxy) is 1. The molecule has 0 saturated carbocycles. The fourth-order valence-electron chi connectivity index (χ4n) is 2.90. The molecule has 1 aliphatic rings. The Morgan fingerprint density at radius 1 is 1.13 bits per heavy atom. The molecule has 0 aliphatic carbocycles. The number of rotatable bonds is 2. The second-order valence-corrected chi connectivity index (χ2v) is 5.51. The molecule has 0 spiro atoms. The number of carbonyl (C=O) groups excluding carboxylic acids is 2. The van der Waals surface area contributed by atoms with Crippen LogP contribution in [0.4, 0.5) is 4.79 Å². The Morgan fingerprint density at radius 3 is 2.48 bits per heavy atom. The fraction of sp³-hybridized carbons (Fsp3) is 0.412. The normalized spacial score (nSPS) is 15.0. The third kappa shape index (κ3) is 2.88. The molecule has 0 radical (unpaired) electrons. The second-order valence-electron chi connectivity index (χ2n) is 5.51. The van der Waals surface area contributed by atoms with E-state index in [-0.39, 0.29) is 12.0 Å². The van der Waals surface area contributed by atoms with Crippen molar-refractivity contribution >= 4 is 23.0 Å². The van der Waals surface area contributed by atoms with Crippen LogP contribution in [0.5, 0.6) is 0 Å². The summed E-state index contributed by atoms with van der Waals surface area (Å²) in [5, 5.41) is 0.836. The average molecular weight is 316 g/mol. The van der Waals surface area contributed by atoms with E-state index in [1.807, 2.05) is 31.2 Å². The first-order valence-electron chi connectivity index (χ1n) is 7.81. The molecule has 1 saturated heterocycles. The van der Waals surface area contributed by atoms with Crippen LogP contribution in [0.3, 0.4) is 0 Å². The summed E-state index contributed by atoms with van der Waals surface area (Å²) in [6, 6.07) is 7.54. The number of piperazine rings is 1. The average Bonchev–Trinajstić information content (AvgIpc) is 2.90. The Hall–Kier alpha value is -2.50. The van der Waals surface area contributed by atoms with Crippen molar-refractivity contribution in [3.63, 3.8) is 0 Å². The van der Waals surface area contributed by atoms with Gasteiger partial charge in [-0.05, 0) is 19.9 Å². The van der Waals surface area contributed by atoms with Gasteiger partial charge in [0.05, 0.1) is 12.2 Å². The van der Waals surface area contributed by atoms with Crippen molar-refractivity contribution in [2.75, 3.05) is 32.8 Å². The number of furan rings is 1. The van der Waals surface area contributed by atoms with Gasteiger partial charge in [0, 0.05) is 31.6 Å². The lowest BCUT2D eigenvalue weighted by Gasteiger charge is -2.34. The summed E-state index contributed by atoms with van der Waals surface area (Å²) >= 11 is 0. The van der Waals surface area contributed by atoms with Gasteiger partial charge in [-0.3, -0.25) is 4.79 Å². The van der Waals surface area contributed by atoms with Gasteiger partial charge in [0.2, 0.25) is 0 Å². The number of benzene rings is 1. The third-order valence-corrected chi connectivity index (χ3v) is 4.08. The quantitative estimate of drug-likeness (QED) is 0.854. The molecule has 1 fully saturated rings. The lowest BCUT2D eigenvalue weighted by Crippen LogP contribution is -2.50. The van der Waals surface area contributed by atoms with Crippen molar-refractivity contribution in [3.05, 3.63) is 35.6 Å². The number of fused-ring (bicyclic) bond motifs is 1. The van der Waals surface area contributed by atoms with Gasteiger partial charge in [-0.25, -0.2) is 4.79 Å². The van der Waals surface area contributed by atoms with E-state index in [0.717, 1.165) is 11.0 Å². The number of amides is 2. The Bertz CT molecular complexity index is 729. The van der Waals surface area contributed by atoms with Gasteiger partial charge < -0.3 is 19.0 Å². The van der Waals surface area contributed by atoms with E-state index >= 15 is 0 Å². The van der Waals surface area contributed by atoms with Crippen LogP contribution in [0.1, 0.15) is 23.0 Å². The van der Waals surface area contributed by atoms with Gasteiger partial charge in [0.1, 0.15) is 11.3 Å². The number of carbonyl (C=O) groups is 2. The Labute approximate surface area is 134 Å².